The van der Waals surface area contributed by atoms with Gasteiger partial charge >= 0.3 is 0 Å². The number of primary sulfonamides is 1. The van der Waals surface area contributed by atoms with Crippen LogP contribution in [0.2, 0.25) is 0 Å². The number of rotatable bonds is 7. The van der Waals surface area contributed by atoms with E-state index >= 15 is 0 Å². The summed E-state index contributed by atoms with van der Waals surface area (Å²) < 4.78 is 22.4. The largest absolute Gasteiger partial charge is 0.355 e. The molecule has 3 atom stereocenters. The molecule has 4 N–H and O–H groups in total. The molecule has 8 heteroatoms. The average Bonchev–Trinajstić information content (AvgIpc) is 3.23. The van der Waals surface area contributed by atoms with Crippen LogP contribution in [0.4, 0.5) is 0 Å². The molecule has 7 nitrogen and oxygen atoms in total. The summed E-state index contributed by atoms with van der Waals surface area (Å²) in [4.78, 5) is 23.6. The molecule has 0 radical (unpaired) electrons. The van der Waals surface area contributed by atoms with Crippen molar-refractivity contribution in [2.75, 3.05) is 6.54 Å². The van der Waals surface area contributed by atoms with Crippen LogP contribution in [-0.4, -0.2) is 26.8 Å². The summed E-state index contributed by atoms with van der Waals surface area (Å²) in [6.45, 7) is 4.14. The second-order valence-corrected chi connectivity index (χ2v) is 7.83. The number of nitrogens with one attached hydrogen (secondary N) is 2. The third-order valence-corrected chi connectivity index (χ3v) is 5.11. The first-order valence-corrected chi connectivity index (χ1v) is 9.43. The first-order chi connectivity index (χ1) is 11.2. The van der Waals surface area contributed by atoms with Gasteiger partial charge in [0.2, 0.25) is 21.8 Å². The smallest absolute Gasteiger partial charge is 0.238 e. The highest BCUT2D eigenvalue weighted by atomic mass is 32.2. The van der Waals surface area contributed by atoms with Crippen molar-refractivity contribution in [1.82, 2.24) is 10.6 Å². The number of amides is 2. The van der Waals surface area contributed by atoms with Crippen LogP contribution in [-0.2, 0) is 19.6 Å². The van der Waals surface area contributed by atoms with E-state index in [-0.39, 0.29) is 35.1 Å². The first kappa shape index (κ1) is 18.4. The van der Waals surface area contributed by atoms with E-state index in [0.29, 0.717) is 12.5 Å². The lowest BCUT2D eigenvalue weighted by molar-refractivity contribution is -0.123. The van der Waals surface area contributed by atoms with Crippen molar-refractivity contribution >= 4 is 21.8 Å². The van der Waals surface area contributed by atoms with Gasteiger partial charge in [0.15, 0.2) is 0 Å². The number of hydrogen-bond acceptors (Lipinski definition) is 4. The highest BCUT2D eigenvalue weighted by Gasteiger charge is 2.38. The van der Waals surface area contributed by atoms with Crippen molar-refractivity contribution in [2.45, 2.75) is 37.6 Å². The van der Waals surface area contributed by atoms with Gasteiger partial charge in [0.25, 0.3) is 0 Å². The molecule has 3 unspecified atom stereocenters. The summed E-state index contributed by atoms with van der Waals surface area (Å²) in [5, 5.41) is 10.6. The Morgan fingerprint density at radius 1 is 1.29 bits per heavy atom. The number of hydrogen-bond donors (Lipinski definition) is 3. The quantitative estimate of drug-likeness (QED) is 0.667. The molecule has 2 amide bonds. The topological polar surface area (TPSA) is 118 Å². The molecule has 0 heterocycles. The Morgan fingerprint density at radius 2 is 1.88 bits per heavy atom. The van der Waals surface area contributed by atoms with E-state index in [0.717, 1.165) is 12.0 Å². The van der Waals surface area contributed by atoms with E-state index in [1.807, 2.05) is 6.92 Å². The summed E-state index contributed by atoms with van der Waals surface area (Å²) in [7, 11) is -3.72. The highest BCUT2D eigenvalue weighted by molar-refractivity contribution is 7.89. The van der Waals surface area contributed by atoms with Gasteiger partial charge < -0.3 is 10.6 Å². The maximum Gasteiger partial charge on any atom is 0.238 e. The van der Waals surface area contributed by atoms with E-state index in [4.69, 9.17) is 5.14 Å². The predicted octanol–water partition coefficient (Wildman–Crippen LogP) is 0.674. The minimum absolute atomic E-state index is 0.0157. The molecule has 0 bridgehead atoms. The predicted molar refractivity (Wildman–Crippen MR) is 89.3 cm³/mol. The van der Waals surface area contributed by atoms with E-state index in [9.17, 15) is 18.0 Å². The number of sulfonamides is 1. The van der Waals surface area contributed by atoms with E-state index in [2.05, 4.69) is 10.6 Å². The fraction of sp³-hybridized carbons (Fsp3) is 0.500. The standard InChI is InChI=1S/C16H23N3O4S/c1-10-9-14(10)16(21)18-8-7-15(20)19-11(2)12-3-5-13(6-4-12)24(17,22)23/h3-6,10-11,14H,7-9H2,1-2H3,(H,18,21)(H,19,20)(H2,17,22,23). The molecule has 1 aromatic carbocycles. The molecule has 24 heavy (non-hydrogen) atoms. The Morgan fingerprint density at radius 3 is 2.38 bits per heavy atom. The summed E-state index contributed by atoms with van der Waals surface area (Å²) in [5.41, 5.74) is 0.770. The van der Waals surface area contributed by atoms with Crippen LogP contribution in [0.3, 0.4) is 0 Å². The fourth-order valence-electron chi connectivity index (χ4n) is 2.46. The molecule has 0 spiro atoms. The third kappa shape index (κ3) is 5.04. The molecule has 1 aliphatic rings. The second-order valence-electron chi connectivity index (χ2n) is 6.26. The van der Waals surface area contributed by atoms with Gasteiger partial charge in [0, 0.05) is 18.9 Å². The monoisotopic (exact) mass is 353 g/mol. The lowest BCUT2D eigenvalue weighted by Crippen LogP contribution is -2.32. The van der Waals surface area contributed by atoms with Gasteiger partial charge in [0.1, 0.15) is 0 Å². The van der Waals surface area contributed by atoms with Crippen molar-refractivity contribution in [3.63, 3.8) is 0 Å². The minimum Gasteiger partial charge on any atom is -0.355 e. The Balaban J connectivity index is 1.77. The second kappa shape index (κ2) is 7.31. The van der Waals surface area contributed by atoms with Crippen LogP contribution >= 0.6 is 0 Å². The van der Waals surface area contributed by atoms with Crippen LogP contribution in [0.1, 0.15) is 38.3 Å². The Bertz CT molecular complexity index is 715. The molecule has 1 fully saturated rings. The fourth-order valence-corrected chi connectivity index (χ4v) is 2.98. The lowest BCUT2D eigenvalue weighted by atomic mass is 10.1. The number of carbonyl (C=O) groups excluding carboxylic acids is 2. The van der Waals surface area contributed by atoms with Gasteiger partial charge in [-0.3, -0.25) is 9.59 Å². The molecular weight excluding hydrogens is 330 g/mol. The van der Waals surface area contributed by atoms with Crippen molar-refractivity contribution < 1.29 is 18.0 Å². The zero-order valence-corrected chi connectivity index (χ0v) is 14.6. The number of carbonyl (C=O) groups is 2. The van der Waals surface area contributed by atoms with Gasteiger partial charge in [-0.1, -0.05) is 19.1 Å². The number of nitrogens with two attached hydrogens (primary N) is 1. The van der Waals surface area contributed by atoms with Gasteiger partial charge in [-0.05, 0) is 37.0 Å². The van der Waals surface area contributed by atoms with Crippen LogP contribution in [0, 0.1) is 11.8 Å². The molecule has 1 saturated carbocycles. The highest BCUT2D eigenvalue weighted by Crippen LogP contribution is 2.37. The summed E-state index contributed by atoms with van der Waals surface area (Å²) in [6.07, 6.45) is 1.12. The summed E-state index contributed by atoms with van der Waals surface area (Å²) in [6, 6.07) is 5.77. The maximum absolute atomic E-state index is 11.9. The van der Waals surface area contributed by atoms with Gasteiger partial charge in [0.05, 0.1) is 10.9 Å². The number of benzene rings is 1. The van der Waals surface area contributed by atoms with Crippen molar-refractivity contribution in [3.05, 3.63) is 29.8 Å². The zero-order chi connectivity index (χ0) is 17.9. The van der Waals surface area contributed by atoms with E-state index in [1.165, 1.54) is 12.1 Å². The molecule has 0 aliphatic heterocycles. The molecule has 2 rings (SSSR count). The molecule has 132 valence electrons. The first-order valence-electron chi connectivity index (χ1n) is 7.88. The van der Waals surface area contributed by atoms with Crippen LogP contribution < -0.4 is 15.8 Å². The molecule has 1 aliphatic carbocycles. The van der Waals surface area contributed by atoms with Gasteiger partial charge in [-0.25, -0.2) is 13.6 Å². The van der Waals surface area contributed by atoms with Crippen LogP contribution in [0.5, 0.6) is 0 Å². The Labute approximate surface area is 142 Å². The van der Waals surface area contributed by atoms with Gasteiger partial charge in [-0.2, -0.15) is 0 Å². The van der Waals surface area contributed by atoms with Crippen LogP contribution in [0.15, 0.2) is 29.2 Å². The molecule has 0 aromatic heterocycles. The van der Waals surface area contributed by atoms with E-state index in [1.54, 1.807) is 19.1 Å². The van der Waals surface area contributed by atoms with Crippen LogP contribution in [0.25, 0.3) is 0 Å². The third-order valence-electron chi connectivity index (χ3n) is 4.18. The average molecular weight is 353 g/mol. The van der Waals surface area contributed by atoms with E-state index < -0.39 is 10.0 Å². The van der Waals surface area contributed by atoms with Crippen molar-refractivity contribution in [1.29, 1.82) is 0 Å². The maximum atomic E-state index is 11.9. The molecule has 0 saturated heterocycles. The minimum atomic E-state index is -3.72. The van der Waals surface area contributed by atoms with Crippen molar-refractivity contribution in [2.24, 2.45) is 17.0 Å². The molecular formula is C16H23N3O4S. The summed E-state index contributed by atoms with van der Waals surface area (Å²) >= 11 is 0. The van der Waals surface area contributed by atoms with Crippen molar-refractivity contribution in [3.8, 4) is 0 Å². The lowest BCUT2D eigenvalue weighted by Gasteiger charge is -2.15. The zero-order valence-electron chi connectivity index (χ0n) is 13.8. The SMILES string of the molecule is CC(NC(=O)CCNC(=O)C1CC1C)c1ccc(S(N)(=O)=O)cc1. The molecule has 1 aromatic rings. The summed E-state index contributed by atoms with van der Waals surface area (Å²) in [5.74, 6) is 0.382. The Kier molecular flexibility index (Phi) is 5.61. The Hall–Kier alpha value is -1.93. The van der Waals surface area contributed by atoms with Gasteiger partial charge in [-0.15, -0.1) is 0 Å². The normalized spacial score (nSPS) is 21.0.